The molecular weight excluding hydrogens is 428 g/mol. The van der Waals surface area contributed by atoms with Crippen LogP contribution in [0.15, 0.2) is 57.8 Å². The monoisotopic (exact) mass is 454 g/mol. The van der Waals surface area contributed by atoms with E-state index in [2.05, 4.69) is 9.30 Å². The number of carbonyl (C=O) groups is 1. The molecule has 0 bridgehead atoms. The van der Waals surface area contributed by atoms with Gasteiger partial charge in [0.2, 0.25) is 5.91 Å². The van der Waals surface area contributed by atoms with Crippen molar-refractivity contribution in [1.82, 2.24) is 9.80 Å². The van der Waals surface area contributed by atoms with Gasteiger partial charge >= 0.3 is 0 Å². The number of amides is 1. The van der Waals surface area contributed by atoms with Gasteiger partial charge in [0.1, 0.15) is 16.7 Å². The minimum Gasteiger partial charge on any atom is -0.495 e. The van der Waals surface area contributed by atoms with Gasteiger partial charge in [-0.3, -0.25) is 4.79 Å². The molecule has 0 aromatic heterocycles. The van der Waals surface area contributed by atoms with Crippen molar-refractivity contribution in [3.63, 3.8) is 0 Å². The molecule has 2 aromatic rings. The van der Waals surface area contributed by atoms with E-state index in [1.54, 1.807) is 31.4 Å². The molecule has 0 N–H and O–H groups in total. The lowest BCUT2D eigenvalue weighted by atomic mass is 10.1. The number of ether oxygens (including phenoxy) is 1. The van der Waals surface area contributed by atoms with Crippen LogP contribution in [0, 0.1) is 0 Å². The minimum absolute atomic E-state index is 0.0478. The number of nitrogens with zero attached hydrogens (tertiary/aromatic N) is 4. The summed E-state index contributed by atoms with van der Waals surface area (Å²) in [5.74, 6) is 1.28. The molecule has 1 atom stereocenters. The van der Waals surface area contributed by atoms with E-state index in [1.807, 2.05) is 34.1 Å². The van der Waals surface area contributed by atoms with E-state index in [-0.39, 0.29) is 16.8 Å². The second kappa shape index (κ2) is 8.12. The van der Waals surface area contributed by atoms with E-state index in [9.17, 15) is 13.2 Å². The Bertz CT molecular complexity index is 1170. The summed E-state index contributed by atoms with van der Waals surface area (Å²) in [7, 11) is -2.04. The van der Waals surface area contributed by atoms with Crippen molar-refractivity contribution in [1.29, 1.82) is 0 Å². The number of hydrogen-bond donors (Lipinski definition) is 0. The van der Waals surface area contributed by atoms with Gasteiger partial charge in [-0.1, -0.05) is 24.3 Å². The predicted octanol–water partition coefficient (Wildman–Crippen LogP) is 1.96. The second-order valence-corrected chi connectivity index (χ2v) is 9.79. The van der Waals surface area contributed by atoms with Gasteiger partial charge in [0.15, 0.2) is 5.84 Å². The van der Waals surface area contributed by atoms with Crippen LogP contribution in [0.4, 0.5) is 5.69 Å². The van der Waals surface area contributed by atoms with Crippen molar-refractivity contribution in [2.45, 2.75) is 23.8 Å². The lowest BCUT2D eigenvalue weighted by molar-refractivity contribution is -0.135. The number of para-hydroxylation sites is 2. The van der Waals surface area contributed by atoms with Gasteiger partial charge in [-0.2, -0.15) is 8.42 Å². The Hall–Kier alpha value is -3.07. The molecule has 32 heavy (non-hydrogen) atoms. The van der Waals surface area contributed by atoms with E-state index in [4.69, 9.17) is 4.74 Å². The van der Waals surface area contributed by atoms with Crippen molar-refractivity contribution in [2.75, 3.05) is 44.7 Å². The highest BCUT2D eigenvalue weighted by atomic mass is 32.2. The number of hydrogen-bond acceptors (Lipinski definition) is 6. The molecule has 5 rings (SSSR count). The van der Waals surface area contributed by atoms with Crippen LogP contribution < -0.4 is 9.64 Å². The Balaban J connectivity index is 1.31. The van der Waals surface area contributed by atoms with Crippen LogP contribution in [0.25, 0.3) is 0 Å². The average molecular weight is 455 g/mol. The molecule has 9 heteroatoms. The number of methoxy groups -OCH3 is 1. The molecule has 0 spiro atoms. The summed E-state index contributed by atoms with van der Waals surface area (Å²) in [6, 6.07) is 14.4. The zero-order valence-corrected chi connectivity index (χ0v) is 18.8. The molecule has 0 saturated carbocycles. The molecule has 2 saturated heterocycles. The number of sulfonamides is 1. The quantitative estimate of drug-likeness (QED) is 0.705. The fourth-order valence-electron chi connectivity index (χ4n) is 4.84. The van der Waals surface area contributed by atoms with Crippen LogP contribution in [-0.2, 0) is 14.8 Å². The van der Waals surface area contributed by atoms with Gasteiger partial charge in [0.25, 0.3) is 10.0 Å². The molecule has 3 heterocycles. The first-order chi connectivity index (χ1) is 15.5. The molecule has 0 radical (unpaired) electrons. The van der Waals surface area contributed by atoms with Gasteiger partial charge < -0.3 is 19.4 Å². The number of amidine groups is 1. The highest BCUT2D eigenvalue weighted by Crippen LogP contribution is 2.32. The van der Waals surface area contributed by atoms with E-state index in [1.165, 1.54) is 0 Å². The van der Waals surface area contributed by atoms with Crippen LogP contribution in [0.5, 0.6) is 5.75 Å². The zero-order valence-electron chi connectivity index (χ0n) is 18.0. The standard InChI is InChI=1S/C23H26N4O4S/c1-31-20-10-4-3-8-18(20)25-13-15-26(16-14-25)23(28)19-9-6-12-27(19)22-17-7-2-5-11-21(17)32(29,30)24-22/h2-5,7-8,10-11,19H,6,9,12-16H2,1H3/t19-/m0/s1. The lowest BCUT2D eigenvalue weighted by Gasteiger charge is -2.39. The Labute approximate surface area is 188 Å². The number of piperazine rings is 1. The summed E-state index contributed by atoms with van der Waals surface area (Å²) in [5, 5.41) is 0. The Morgan fingerprint density at radius 3 is 2.50 bits per heavy atom. The molecule has 3 aliphatic heterocycles. The first kappa shape index (κ1) is 20.8. The average Bonchev–Trinajstić information content (AvgIpc) is 3.41. The van der Waals surface area contributed by atoms with Gasteiger partial charge in [-0.25, -0.2) is 0 Å². The van der Waals surface area contributed by atoms with E-state index in [0.717, 1.165) is 30.9 Å². The fourth-order valence-corrected chi connectivity index (χ4v) is 6.06. The highest BCUT2D eigenvalue weighted by Gasteiger charge is 2.41. The summed E-state index contributed by atoms with van der Waals surface area (Å²) >= 11 is 0. The number of rotatable bonds is 3. The zero-order chi connectivity index (χ0) is 22.3. The largest absolute Gasteiger partial charge is 0.495 e. The molecule has 3 aliphatic rings. The predicted molar refractivity (Wildman–Crippen MR) is 122 cm³/mol. The van der Waals surface area contributed by atoms with Gasteiger partial charge in [-0.15, -0.1) is 4.40 Å². The minimum atomic E-state index is -3.71. The molecule has 0 unspecified atom stereocenters. The number of benzene rings is 2. The van der Waals surface area contributed by atoms with Crippen molar-refractivity contribution >= 4 is 27.5 Å². The third-order valence-electron chi connectivity index (χ3n) is 6.44. The normalized spacial score (nSPS) is 22.0. The third kappa shape index (κ3) is 3.50. The number of anilines is 1. The highest BCUT2D eigenvalue weighted by molar-refractivity contribution is 7.90. The molecule has 2 aromatic carbocycles. The van der Waals surface area contributed by atoms with Crippen molar-refractivity contribution < 1.29 is 17.9 Å². The van der Waals surface area contributed by atoms with Crippen LogP contribution in [-0.4, -0.2) is 75.8 Å². The first-order valence-electron chi connectivity index (χ1n) is 10.9. The Morgan fingerprint density at radius 2 is 1.72 bits per heavy atom. The maximum atomic E-state index is 13.4. The lowest BCUT2D eigenvalue weighted by Crippen LogP contribution is -2.54. The summed E-state index contributed by atoms with van der Waals surface area (Å²) < 4.78 is 34.5. The topological polar surface area (TPSA) is 82.5 Å². The van der Waals surface area contributed by atoms with E-state index in [0.29, 0.717) is 37.5 Å². The first-order valence-corrected chi connectivity index (χ1v) is 12.3. The third-order valence-corrected chi connectivity index (χ3v) is 7.76. The summed E-state index contributed by atoms with van der Waals surface area (Å²) in [6.07, 6.45) is 1.53. The van der Waals surface area contributed by atoms with Crippen molar-refractivity contribution in [3.8, 4) is 5.75 Å². The SMILES string of the molecule is COc1ccccc1N1CCN(C(=O)[C@@H]2CCCN2C2=NS(=O)(=O)c3ccccc32)CC1. The molecule has 168 valence electrons. The molecule has 1 amide bonds. The van der Waals surface area contributed by atoms with E-state index >= 15 is 0 Å². The molecule has 2 fully saturated rings. The maximum Gasteiger partial charge on any atom is 0.285 e. The maximum absolute atomic E-state index is 13.4. The number of carbonyl (C=O) groups excluding carboxylic acids is 1. The summed E-state index contributed by atoms with van der Waals surface area (Å²) in [6.45, 7) is 3.29. The molecule has 8 nitrogen and oxygen atoms in total. The second-order valence-electron chi connectivity index (χ2n) is 8.22. The van der Waals surface area contributed by atoms with Gasteiger partial charge in [0, 0.05) is 38.3 Å². The Kier molecular flexibility index (Phi) is 5.28. The van der Waals surface area contributed by atoms with Crippen molar-refractivity contribution in [2.24, 2.45) is 4.40 Å². The fraction of sp³-hybridized carbons (Fsp3) is 0.391. The van der Waals surface area contributed by atoms with Crippen LogP contribution >= 0.6 is 0 Å². The van der Waals surface area contributed by atoms with Crippen LogP contribution in [0.2, 0.25) is 0 Å². The van der Waals surface area contributed by atoms with Crippen LogP contribution in [0.1, 0.15) is 18.4 Å². The smallest absolute Gasteiger partial charge is 0.285 e. The van der Waals surface area contributed by atoms with Crippen LogP contribution in [0.3, 0.4) is 0 Å². The summed E-state index contributed by atoms with van der Waals surface area (Å²) in [5.41, 5.74) is 1.62. The van der Waals surface area contributed by atoms with Gasteiger partial charge in [0.05, 0.1) is 12.8 Å². The summed E-state index contributed by atoms with van der Waals surface area (Å²) in [4.78, 5) is 19.7. The Morgan fingerprint density at radius 1 is 1.00 bits per heavy atom. The number of likely N-dealkylation sites (tertiary alicyclic amines) is 1. The van der Waals surface area contributed by atoms with Gasteiger partial charge in [-0.05, 0) is 37.1 Å². The molecular formula is C23H26N4O4S. The molecule has 0 aliphatic carbocycles. The van der Waals surface area contributed by atoms with Crippen molar-refractivity contribution in [3.05, 3.63) is 54.1 Å². The van der Waals surface area contributed by atoms with E-state index < -0.39 is 10.0 Å². The number of fused-ring (bicyclic) bond motifs is 1.